The van der Waals surface area contributed by atoms with E-state index in [4.69, 9.17) is 0 Å². The molecule has 4 aliphatic rings. The van der Waals surface area contributed by atoms with Crippen LogP contribution in [0.4, 0.5) is 0 Å². The van der Waals surface area contributed by atoms with E-state index < -0.39 is 0 Å². The molecule has 0 amide bonds. The van der Waals surface area contributed by atoms with Crippen molar-refractivity contribution < 1.29 is 10.2 Å². The predicted octanol–water partition coefficient (Wildman–Crippen LogP) is 7.94. The van der Waals surface area contributed by atoms with E-state index in [1.165, 1.54) is 43.2 Å². The van der Waals surface area contributed by atoms with E-state index in [0.29, 0.717) is 0 Å². The van der Waals surface area contributed by atoms with Gasteiger partial charge in [0.15, 0.2) is 0 Å². The lowest BCUT2D eigenvalue weighted by atomic mass is 9.42. The van der Waals surface area contributed by atoms with E-state index in [-0.39, 0.29) is 22.3 Å². The molecule has 28 heavy (non-hydrogen) atoms. The summed E-state index contributed by atoms with van der Waals surface area (Å²) in [6.07, 6.45) is 7.39. The molecule has 148 valence electrons. The van der Waals surface area contributed by atoms with Crippen molar-refractivity contribution in [3.63, 3.8) is 0 Å². The van der Waals surface area contributed by atoms with Crippen LogP contribution in [0.1, 0.15) is 49.7 Å². The second kappa shape index (κ2) is 6.73. The standard InChI is InChI=1S/C22H20Br4O2/c23-15-2-13(3-16(24)19(15)27)21-6-11-1-12(7-21)9-22(8-11,10-21)14-4-17(25)20(28)18(26)5-14/h2-5,11-12,27-28H,1,6-10H2. The summed E-state index contributed by atoms with van der Waals surface area (Å²) in [6, 6.07) is 8.51. The number of halogens is 4. The fourth-order valence-corrected chi connectivity index (χ4v) is 9.05. The lowest BCUT2D eigenvalue weighted by molar-refractivity contribution is -0.0282. The fourth-order valence-electron chi connectivity index (χ4n) is 6.68. The molecule has 0 aromatic heterocycles. The van der Waals surface area contributed by atoms with Crippen LogP contribution in [0.3, 0.4) is 0 Å². The molecule has 2 aromatic rings. The summed E-state index contributed by atoms with van der Waals surface area (Å²) >= 11 is 14.2. The summed E-state index contributed by atoms with van der Waals surface area (Å²) < 4.78 is 3.04. The summed E-state index contributed by atoms with van der Waals surface area (Å²) in [4.78, 5) is 0. The minimum Gasteiger partial charge on any atom is -0.506 e. The van der Waals surface area contributed by atoms with Gasteiger partial charge in [-0.2, -0.15) is 0 Å². The molecule has 0 radical (unpaired) electrons. The zero-order chi connectivity index (χ0) is 19.8. The highest BCUT2D eigenvalue weighted by atomic mass is 79.9. The second-order valence-electron chi connectivity index (χ2n) is 9.10. The van der Waals surface area contributed by atoms with E-state index in [9.17, 15) is 10.2 Å². The summed E-state index contributed by atoms with van der Waals surface area (Å²) in [7, 11) is 0. The first-order chi connectivity index (χ1) is 13.2. The molecule has 0 aliphatic heterocycles. The highest BCUT2D eigenvalue weighted by Gasteiger charge is 2.58. The van der Waals surface area contributed by atoms with Crippen molar-refractivity contribution >= 4 is 63.7 Å². The molecule has 4 fully saturated rings. The van der Waals surface area contributed by atoms with Crippen LogP contribution >= 0.6 is 63.7 Å². The lowest BCUT2D eigenvalue weighted by Crippen LogP contribution is -2.55. The number of hydrogen-bond donors (Lipinski definition) is 2. The van der Waals surface area contributed by atoms with Crippen molar-refractivity contribution in [2.75, 3.05) is 0 Å². The van der Waals surface area contributed by atoms with Gasteiger partial charge in [0.25, 0.3) is 0 Å². The Morgan fingerprint density at radius 3 is 1.29 bits per heavy atom. The highest BCUT2D eigenvalue weighted by Crippen LogP contribution is 2.67. The van der Waals surface area contributed by atoms with Crippen LogP contribution in [0.25, 0.3) is 0 Å². The Morgan fingerprint density at radius 2 is 0.964 bits per heavy atom. The largest absolute Gasteiger partial charge is 0.506 e. The summed E-state index contributed by atoms with van der Waals surface area (Å²) in [6.45, 7) is 0. The third kappa shape index (κ3) is 2.96. The first-order valence-electron chi connectivity index (χ1n) is 9.58. The Morgan fingerprint density at radius 1 is 0.643 bits per heavy atom. The molecule has 0 atom stereocenters. The third-order valence-corrected chi connectivity index (χ3v) is 9.74. The molecule has 4 saturated carbocycles. The quantitative estimate of drug-likeness (QED) is 0.352. The molecule has 4 bridgehead atoms. The zero-order valence-electron chi connectivity index (χ0n) is 15.1. The molecule has 0 saturated heterocycles. The molecule has 6 heteroatoms. The summed E-state index contributed by atoms with van der Waals surface area (Å²) in [5, 5.41) is 20.4. The van der Waals surface area contributed by atoms with Crippen molar-refractivity contribution in [1.82, 2.24) is 0 Å². The van der Waals surface area contributed by atoms with E-state index in [1.54, 1.807) is 0 Å². The molecule has 2 nitrogen and oxygen atoms in total. The van der Waals surface area contributed by atoms with Gasteiger partial charge in [-0.1, -0.05) is 0 Å². The first kappa shape index (κ1) is 19.9. The van der Waals surface area contributed by atoms with Crippen molar-refractivity contribution in [2.45, 2.75) is 49.4 Å². The average Bonchev–Trinajstić information content (AvgIpc) is 2.62. The molecule has 4 aliphatic carbocycles. The van der Waals surface area contributed by atoms with Crippen molar-refractivity contribution in [3.05, 3.63) is 53.3 Å². The first-order valence-corrected chi connectivity index (χ1v) is 12.8. The Kier molecular flexibility index (Phi) is 4.78. The number of rotatable bonds is 2. The Balaban J connectivity index is 1.64. The Hall–Kier alpha value is -0.0400. The van der Waals surface area contributed by atoms with E-state index >= 15 is 0 Å². The molecule has 0 heterocycles. The topological polar surface area (TPSA) is 40.5 Å². The van der Waals surface area contributed by atoms with Crippen LogP contribution in [0.15, 0.2) is 42.2 Å². The molecular formula is C22H20Br4O2. The van der Waals surface area contributed by atoms with Crippen LogP contribution in [0, 0.1) is 11.8 Å². The number of phenolic OH excluding ortho intramolecular Hbond substituents is 2. The zero-order valence-corrected chi connectivity index (χ0v) is 21.5. The van der Waals surface area contributed by atoms with Gasteiger partial charge < -0.3 is 10.2 Å². The Bertz CT molecular complexity index is 851. The third-order valence-electron chi connectivity index (χ3n) is 7.32. The minimum absolute atomic E-state index is 0.152. The molecular weight excluding hydrogens is 616 g/mol. The average molecular weight is 636 g/mol. The molecule has 0 spiro atoms. The highest BCUT2D eigenvalue weighted by molar-refractivity contribution is 9.11. The van der Waals surface area contributed by atoms with E-state index in [1.807, 2.05) is 0 Å². The minimum atomic E-state index is 0.152. The second-order valence-corrected chi connectivity index (χ2v) is 12.5. The van der Waals surface area contributed by atoms with Gasteiger partial charge >= 0.3 is 0 Å². The van der Waals surface area contributed by atoms with Gasteiger partial charge in [0.05, 0.1) is 17.9 Å². The van der Waals surface area contributed by atoms with Gasteiger partial charge in [0.1, 0.15) is 11.5 Å². The van der Waals surface area contributed by atoms with E-state index in [2.05, 4.69) is 88.0 Å². The lowest BCUT2D eigenvalue weighted by Gasteiger charge is -2.63. The van der Waals surface area contributed by atoms with Gasteiger partial charge in [0.2, 0.25) is 0 Å². The number of benzene rings is 2. The van der Waals surface area contributed by atoms with Crippen LogP contribution in [0.2, 0.25) is 0 Å². The smallest absolute Gasteiger partial charge is 0.143 e. The van der Waals surface area contributed by atoms with Crippen molar-refractivity contribution in [2.24, 2.45) is 11.8 Å². The molecule has 0 unspecified atom stereocenters. The predicted molar refractivity (Wildman–Crippen MR) is 125 cm³/mol. The van der Waals surface area contributed by atoms with Gasteiger partial charge in [-0.15, -0.1) is 0 Å². The maximum absolute atomic E-state index is 10.2. The molecule has 2 aromatic carbocycles. The van der Waals surface area contributed by atoms with E-state index in [0.717, 1.165) is 36.1 Å². The number of aromatic hydroxyl groups is 2. The van der Waals surface area contributed by atoms with Gasteiger partial charge in [-0.05, 0) is 160 Å². The number of phenols is 2. The van der Waals surface area contributed by atoms with Crippen LogP contribution in [0.5, 0.6) is 11.5 Å². The molecule has 6 rings (SSSR count). The fraction of sp³-hybridized carbons (Fsp3) is 0.455. The summed E-state index contributed by atoms with van der Waals surface area (Å²) in [5.41, 5.74) is 2.97. The van der Waals surface area contributed by atoms with Gasteiger partial charge in [0, 0.05) is 0 Å². The van der Waals surface area contributed by atoms with Crippen LogP contribution in [-0.4, -0.2) is 10.2 Å². The maximum atomic E-state index is 10.2. The maximum Gasteiger partial charge on any atom is 0.143 e. The Labute approximate surface area is 198 Å². The normalized spacial score (nSPS) is 33.4. The van der Waals surface area contributed by atoms with Gasteiger partial charge in [-0.3, -0.25) is 0 Å². The molecule has 2 N–H and O–H groups in total. The van der Waals surface area contributed by atoms with Crippen molar-refractivity contribution in [1.29, 1.82) is 0 Å². The summed E-state index contributed by atoms with van der Waals surface area (Å²) in [5.74, 6) is 2.02. The monoisotopic (exact) mass is 632 g/mol. The van der Waals surface area contributed by atoms with Crippen LogP contribution in [-0.2, 0) is 10.8 Å². The SMILES string of the molecule is Oc1c(Br)cc(C23CC4CC(C2)CC(c2cc(Br)c(O)c(Br)c2)(C4)C3)cc1Br. The number of hydrogen-bond acceptors (Lipinski definition) is 2. The van der Waals surface area contributed by atoms with Crippen molar-refractivity contribution in [3.8, 4) is 11.5 Å². The van der Waals surface area contributed by atoms with Crippen LogP contribution < -0.4 is 0 Å². The van der Waals surface area contributed by atoms with Gasteiger partial charge in [-0.25, -0.2) is 0 Å².